The van der Waals surface area contributed by atoms with Gasteiger partial charge in [-0.15, -0.1) is 0 Å². The van der Waals surface area contributed by atoms with Crippen LogP contribution in [0.25, 0.3) is 11.8 Å². The average molecular weight is 453 g/mol. The van der Waals surface area contributed by atoms with Crippen LogP contribution in [0.5, 0.6) is 0 Å². The summed E-state index contributed by atoms with van der Waals surface area (Å²) in [6, 6.07) is 11.2. The number of hydrogen-bond donors (Lipinski definition) is 1. The molecular formula is C26H20N4O2S. The van der Waals surface area contributed by atoms with Crippen LogP contribution in [0, 0.1) is 17.2 Å². The second-order valence-electron chi connectivity index (χ2n) is 7.80. The molecule has 0 saturated heterocycles. The van der Waals surface area contributed by atoms with Crippen molar-refractivity contribution >= 4 is 40.5 Å². The lowest BCUT2D eigenvalue weighted by Gasteiger charge is -2.18. The maximum absolute atomic E-state index is 13.6. The van der Waals surface area contributed by atoms with Gasteiger partial charge in [0.25, 0.3) is 0 Å². The highest BCUT2D eigenvalue weighted by Crippen LogP contribution is 2.24. The van der Waals surface area contributed by atoms with Gasteiger partial charge in [0, 0.05) is 11.3 Å². The number of Topliss-reactive ketones (excluding diaryl/α,β-unsaturated/α-hetero) is 1. The summed E-state index contributed by atoms with van der Waals surface area (Å²) in [5, 5.41) is 19.0. The maximum Gasteiger partial charge on any atom is 0.207 e. The summed E-state index contributed by atoms with van der Waals surface area (Å²) in [6.45, 7) is 0. The molecule has 2 aliphatic carbocycles. The van der Waals surface area contributed by atoms with E-state index >= 15 is 0 Å². The molecular weight excluding hydrogens is 432 g/mol. The van der Waals surface area contributed by atoms with Crippen LogP contribution in [0.3, 0.4) is 0 Å². The van der Waals surface area contributed by atoms with Crippen molar-refractivity contribution < 1.29 is 9.53 Å². The first kappa shape index (κ1) is 20.9. The summed E-state index contributed by atoms with van der Waals surface area (Å²) in [5.41, 5.74) is 1.87. The lowest BCUT2D eigenvalue weighted by atomic mass is 9.99. The minimum Gasteiger partial charge on any atom is -0.464 e. The number of carbonyl (C=O) groups excluding carboxylic acids is 1. The van der Waals surface area contributed by atoms with Crippen molar-refractivity contribution in [3.8, 4) is 6.07 Å². The monoisotopic (exact) mass is 452 g/mol. The van der Waals surface area contributed by atoms with E-state index in [0.717, 1.165) is 28.8 Å². The highest BCUT2D eigenvalue weighted by molar-refractivity contribution is 7.80. The predicted octanol–water partition coefficient (Wildman–Crippen LogP) is 3.46. The molecule has 0 spiro atoms. The zero-order valence-corrected chi connectivity index (χ0v) is 18.5. The SMILES string of the molecule is N#CC(C(=O)c1nn(C2C=CCC=C2)c2c1=COC1=CC=CCC=21)C(=S)Nc1ccccc1. The number of carbonyl (C=O) groups is 1. The quantitative estimate of drug-likeness (QED) is 0.425. The number of nitrogens with one attached hydrogen (secondary N) is 1. The summed E-state index contributed by atoms with van der Waals surface area (Å²) in [7, 11) is 0. The molecule has 33 heavy (non-hydrogen) atoms. The Kier molecular flexibility index (Phi) is 5.59. The van der Waals surface area contributed by atoms with E-state index in [1.807, 2.05) is 53.2 Å². The fourth-order valence-electron chi connectivity index (χ4n) is 4.10. The Balaban J connectivity index is 1.60. The Bertz CT molecular complexity index is 1410. The molecule has 5 rings (SSSR count). The topological polar surface area (TPSA) is 79.9 Å². The van der Waals surface area contributed by atoms with E-state index in [2.05, 4.69) is 35.7 Å². The number of ether oxygens (including phenoxy) is 1. The normalized spacial score (nSPS) is 17.1. The number of nitriles is 1. The molecule has 0 bridgehead atoms. The van der Waals surface area contributed by atoms with Crippen LogP contribution < -0.4 is 15.9 Å². The minimum atomic E-state index is -1.17. The molecule has 2 heterocycles. The van der Waals surface area contributed by atoms with Crippen LogP contribution >= 0.6 is 12.2 Å². The minimum absolute atomic E-state index is 0.130. The van der Waals surface area contributed by atoms with Gasteiger partial charge in [-0.05, 0) is 31.1 Å². The Morgan fingerprint density at radius 3 is 2.79 bits per heavy atom. The number of para-hydroxylation sites is 1. The maximum atomic E-state index is 13.6. The lowest BCUT2D eigenvalue weighted by Crippen LogP contribution is -2.39. The molecule has 7 heteroatoms. The van der Waals surface area contributed by atoms with Gasteiger partial charge in [0.15, 0.2) is 5.92 Å². The van der Waals surface area contributed by atoms with Crippen LogP contribution in [-0.4, -0.2) is 20.6 Å². The number of aromatic nitrogens is 2. The van der Waals surface area contributed by atoms with Gasteiger partial charge in [-0.1, -0.05) is 66.9 Å². The number of allylic oxidation sites excluding steroid dienone is 8. The van der Waals surface area contributed by atoms with Crippen LogP contribution in [0.2, 0.25) is 0 Å². The Hall–Kier alpha value is -4.02. The molecule has 1 aliphatic heterocycles. The van der Waals surface area contributed by atoms with Crippen LogP contribution in [0.15, 0.2) is 78.6 Å². The van der Waals surface area contributed by atoms with Crippen molar-refractivity contribution in [2.24, 2.45) is 5.92 Å². The number of thiocarbonyl (C=S) groups is 1. The molecule has 0 amide bonds. The lowest BCUT2D eigenvalue weighted by molar-refractivity contribution is 0.0969. The highest BCUT2D eigenvalue weighted by atomic mass is 32.1. The zero-order chi connectivity index (χ0) is 22.8. The molecule has 1 atom stereocenters. The van der Waals surface area contributed by atoms with E-state index in [1.165, 1.54) is 0 Å². The third-order valence-corrected chi connectivity index (χ3v) is 6.03. The Labute approximate surface area is 196 Å². The molecule has 2 aromatic rings. The number of fused-ring (bicyclic) bond motifs is 2. The van der Waals surface area contributed by atoms with E-state index < -0.39 is 11.7 Å². The van der Waals surface area contributed by atoms with Crippen LogP contribution in [0.4, 0.5) is 5.69 Å². The number of nitrogens with zero attached hydrogens (tertiary/aromatic N) is 3. The van der Waals surface area contributed by atoms with E-state index in [1.54, 1.807) is 6.26 Å². The third-order valence-electron chi connectivity index (χ3n) is 5.69. The van der Waals surface area contributed by atoms with Crippen molar-refractivity contribution in [1.82, 2.24) is 9.78 Å². The molecule has 1 unspecified atom stereocenters. The Morgan fingerprint density at radius 1 is 1.24 bits per heavy atom. The fraction of sp³-hybridized carbons (Fsp3) is 0.154. The van der Waals surface area contributed by atoms with E-state index in [0.29, 0.717) is 11.6 Å². The average Bonchev–Trinajstić information content (AvgIpc) is 3.26. The van der Waals surface area contributed by atoms with Crippen molar-refractivity contribution in [3.63, 3.8) is 0 Å². The first-order chi connectivity index (χ1) is 16.2. The molecule has 1 aromatic heterocycles. The number of anilines is 1. The summed E-state index contributed by atoms with van der Waals surface area (Å²) < 4.78 is 7.69. The van der Waals surface area contributed by atoms with Crippen molar-refractivity contribution in [3.05, 3.63) is 94.9 Å². The molecule has 6 nitrogen and oxygen atoms in total. The van der Waals surface area contributed by atoms with E-state index in [9.17, 15) is 10.1 Å². The van der Waals surface area contributed by atoms with Crippen molar-refractivity contribution in [1.29, 1.82) is 5.26 Å². The van der Waals surface area contributed by atoms with E-state index in [4.69, 9.17) is 22.1 Å². The molecule has 162 valence electrons. The smallest absolute Gasteiger partial charge is 0.207 e. The molecule has 3 aliphatic rings. The summed E-state index contributed by atoms with van der Waals surface area (Å²) in [5.74, 6) is -0.886. The van der Waals surface area contributed by atoms with E-state index in [-0.39, 0.29) is 16.7 Å². The van der Waals surface area contributed by atoms with Gasteiger partial charge in [0.05, 0.1) is 22.7 Å². The fourth-order valence-corrected chi connectivity index (χ4v) is 4.37. The summed E-state index contributed by atoms with van der Waals surface area (Å²) >= 11 is 5.44. The number of rotatable bonds is 5. The van der Waals surface area contributed by atoms with Crippen molar-refractivity contribution in [2.75, 3.05) is 5.32 Å². The predicted molar refractivity (Wildman–Crippen MR) is 130 cm³/mol. The first-order valence-corrected chi connectivity index (χ1v) is 11.1. The second-order valence-corrected chi connectivity index (χ2v) is 8.24. The first-order valence-electron chi connectivity index (χ1n) is 10.7. The molecule has 0 fully saturated rings. The van der Waals surface area contributed by atoms with Crippen LogP contribution in [0.1, 0.15) is 29.4 Å². The second kappa shape index (κ2) is 8.85. The van der Waals surface area contributed by atoms with Crippen molar-refractivity contribution in [2.45, 2.75) is 18.9 Å². The summed E-state index contributed by atoms with van der Waals surface area (Å²) in [6.07, 6.45) is 17.2. The number of hydrogen-bond acceptors (Lipinski definition) is 5. The third kappa shape index (κ3) is 3.86. The van der Waals surface area contributed by atoms with Gasteiger partial charge >= 0.3 is 0 Å². The summed E-state index contributed by atoms with van der Waals surface area (Å²) in [4.78, 5) is 13.7. The molecule has 0 saturated carbocycles. The van der Waals surface area contributed by atoms with Gasteiger partial charge < -0.3 is 10.1 Å². The Morgan fingerprint density at radius 2 is 2.03 bits per heavy atom. The number of benzene rings is 1. The van der Waals surface area contributed by atoms with Gasteiger partial charge in [0.1, 0.15) is 22.7 Å². The van der Waals surface area contributed by atoms with Gasteiger partial charge in [-0.3, -0.25) is 9.48 Å². The largest absolute Gasteiger partial charge is 0.464 e. The standard InChI is InChI=1S/C26H20N4O2S/c27-15-20(26(33)28-17-9-3-1-4-10-17)25(31)23-21-16-32-22-14-8-7-13-19(22)24(21)30(29-23)18-11-5-2-6-12-18/h1,3-12,14,16,18,20H,2,13H2,(H,28,33). The van der Waals surface area contributed by atoms with Gasteiger partial charge in [-0.2, -0.15) is 10.4 Å². The molecule has 0 radical (unpaired) electrons. The van der Waals surface area contributed by atoms with Gasteiger partial charge in [-0.25, -0.2) is 0 Å². The number of ketones is 1. The highest BCUT2D eigenvalue weighted by Gasteiger charge is 2.31. The molecule has 1 aromatic carbocycles. The zero-order valence-electron chi connectivity index (χ0n) is 17.6. The molecule has 1 N–H and O–H groups in total. The van der Waals surface area contributed by atoms with Crippen LogP contribution in [-0.2, 0) is 4.74 Å². The van der Waals surface area contributed by atoms with Gasteiger partial charge in [0.2, 0.25) is 5.78 Å².